The number of anilines is 1. The average Bonchev–Trinajstić information content (AvgIpc) is 3.48. The SMILES string of the molecule is CC(O)CC(C)O.CC1(C)CCC(N2C=CN(c3[c-]cccc3)[CH-]2)CC1.[Ir+3].[c-]1ccccc1-c1nccc2ccccc12. The molecule has 0 bridgehead atoms. The molecular formula is C37H44IrN3O2. The zero-order valence-electron chi connectivity index (χ0n) is 25.7. The predicted octanol–water partition coefficient (Wildman–Crippen LogP) is 8.01. The Kier molecular flexibility index (Phi) is 13.4. The van der Waals surface area contributed by atoms with Crippen LogP contribution < -0.4 is 4.90 Å². The van der Waals surface area contributed by atoms with Crippen molar-refractivity contribution in [2.45, 2.75) is 78.0 Å². The second-order valence-electron chi connectivity index (χ2n) is 12.0. The van der Waals surface area contributed by atoms with E-state index in [4.69, 9.17) is 10.2 Å². The monoisotopic (exact) mass is 755 g/mol. The van der Waals surface area contributed by atoms with Crippen LogP contribution in [0.4, 0.5) is 5.69 Å². The maximum Gasteiger partial charge on any atom is 3.00 e. The standard InChI is InChI=1S/C17H22N2.C15H10N.C5H12O2.Ir/c1-17(2)10-8-16(9-11-17)19-13-12-18(14-19)15-6-4-3-5-7-15;1-2-7-13(8-3-1)15-14-9-5-4-6-12(14)10-11-16-15;1-4(6)3-5(2)7;/h3-6,12-14,16H,8-11H2,1-2H3;1-7,9-11H;4-7H,3H2,1-2H3;/q-2;-1;;+3. The summed E-state index contributed by atoms with van der Waals surface area (Å²) in [6.07, 6.45) is 11.1. The van der Waals surface area contributed by atoms with Gasteiger partial charge in [0.1, 0.15) is 0 Å². The largest absolute Gasteiger partial charge is 3.00 e. The van der Waals surface area contributed by atoms with Crippen molar-refractivity contribution in [1.82, 2.24) is 9.88 Å². The summed E-state index contributed by atoms with van der Waals surface area (Å²) >= 11 is 0. The summed E-state index contributed by atoms with van der Waals surface area (Å²) in [5.74, 6) is 0. The zero-order chi connectivity index (χ0) is 30.0. The van der Waals surface area contributed by atoms with Crippen molar-refractivity contribution in [3.63, 3.8) is 0 Å². The second kappa shape index (κ2) is 16.7. The van der Waals surface area contributed by atoms with Crippen molar-refractivity contribution in [3.05, 3.63) is 116 Å². The maximum absolute atomic E-state index is 8.56. The van der Waals surface area contributed by atoms with Crippen molar-refractivity contribution in [2.75, 3.05) is 4.90 Å². The van der Waals surface area contributed by atoms with Gasteiger partial charge in [0.2, 0.25) is 0 Å². The molecule has 43 heavy (non-hydrogen) atoms. The number of aliphatic hydroxyl groups excluding tert-OH is 2. The molecule has 2 unspecified atom stereocenters. The fourth-order valence-electron chi connectivity index (χ4n) is 5.32. The van der Waals surface area contributed by atoms with E-state index in [-0.39, 0.29) is 32.3 Å². The maximum atomic E-state index is 8.56. The van der Waals surface area contributed by atoms with Gasteiger partial charge in [0, 0.05) is 12.2 Å². The van der Waals surface area contributed by atoms with Crippen LogP contribution in [0.5, 0.6) is 0 Å². The molecule has 2 heterocycles. The number of aromatic nitrogens is 1. The van der Waals surface area contributed by atoms with Gasteiger partial charge in [0.05, 0.1) is 12.2 Å². The molecular weight excluding hydrogens is 711 g/mol. The van der Waals surface area contributed by atoms with Crippen LogP contribution in [0.1, 0.15) is 59.8 Å². The Morgan fingerprint density at radius 2 is 1.53 bits per heavy atom. The number of nitrogens with zero attached hydrogens (tertiary/aromatic N) is 3. The van der Waals surface area contributed by atoms with Gasteiger partial charge in [-0.2, -0.15) is 37.0 Å². The van der Waals surface area contributed by atoms with E-state index < -0.39 is 0 Å². The van der Waals surface area contributed by atoms with E-state index in [9.17, 15) is 0 Å². The molecule has 1 aliphatic carbocycles. The minimum Gasteiger partial charge on any atom is -0.505 e. The molecule has 2 atom stereocenters. The molecule has 3 aromatic carbocycles. The Balaban J connectivity index is 0.000000192. The predicted molar refractivity (Wildman–Crippen MR) is 173 cm³/mol. The molecule has 0 saturated heterocycles. The van der Waals surface area contributed by atoms with Crippen LogP contribution in [0, 0.1) is 24.2 Å². The Morgan fingerprint density at radius 1 is 0.884 bits per heavy atom. The molecule has 2 N–H and O–H groups in total. The van der Waals surface area contributed by atoms with E-state index in [1.165, 1.54) is 36.5 Å². The number of hydrogen-bond acceptors (Lipinski definition) is 5. The topological polar surface area (TPSA) is 59.8 Å². The second-order valence-corrected chi connectivity index (χ2v) is 12.0. The van der Waals surface area contributed by atoms with Gasteiger partial charge < -0.3 is 25.0 Å². The van der Waals surface area contributed by atoms with Crippen LogP contribution in [-0.4, -0.2) is 38.3 Å². The van der Waals surface area contributed by atoms with E-state index in [0.717, 1.165) is 16.9 Å². The molecule has 228 valence electrons. The van der Waals surface area contributed by atoms with Crippen LogP contribution in [0.2, 0.25) is 0 Å². The third kappa shape index (κ3) is 10.6. The van der Waals surface area contributed by atoms with E-state index in [2.05, 4.69) is 84.1 Å². The van der Waals surface area contributed by atoms with Gasteiger partial charge in [-0.3, -0.25) is 0 Å². The number of hydrogen-bond donors (Lipinski definition) is 2. The van der Waals surface area contributed by atoms with E-state index in [0.29, 0.717) is 17.9 Å². The number of pyridine rings is 1. The molecule has 6 heteroatoms. The first-order valence-corrected chi connectivity index (χ1v) is 14.9. The summed E-state index contributed by atoms with van der Waals surface area (Å²) in [6, 6.07) is 33.5. The molecule has 0 spiro atoms. The first-order valence-electron chi connectivity index (χ1n) is 14.9. The summed E-state index contributed by atoms with van der Waals surface area (Å²) < 4.78 is 0. The van der Waals surface area contributed by atoms with E-state index >= 15 is 0 Å². The third-order valence-corrected chi connectivity index (χ3v) is 7.68. The fourth-order valence-corrected chi connectivity index (χ4v) is 5.32. The molecule has 1 aliphatic heterocycles. The third-order valence-electron chi connectivity index (χ3n) is 7.68. The first kappa shape index (κ1) is 34.5. The van der Waals surface area contributed by atoms with Crippen LogP contribution >= 0.6 is 0 Å². The molecule has 1 aromatic heterocycles. The first-order chi connectivity index (χ1) is 20.2. The molecule has 1 saturated carbocycles. The molecule has 0 radical (unpaired) electrons. The average molecular weight is 755 g/mol. The van der Waals surface area contributed by atoms with Crippen LogP contribution in [0.25, 0.3) is 22.0 Å². The number of aliphatic hydroxyl groups is 2. The van der Waals surface area contributed by atoms with Crippen LogP contribution in [0.15, 0.2) is 97.5 Å². The molecule has 2 aliphatic rings. The van der Waals surface area contributed by atoms with Gasteiger partial charge in [0.25, 0.3) is 0 Å². The smallest absolute Gasteiger partial charge is 0.505 e. The number of rotatable bonds is 5. The summed E-state index contributed by atoms with van der Waals surface area (Å²) in [7, 11) is 0. The zero-order valence-corrected chi connectivity index (χ0v) is 28.0. The van der Waals surface area contributed by atoms with Crippen molar-refractivity contribution >= 4 is 16.5 Å². The van der Waals surface area contributed by atoms with Gasteiger partial charge in [-0.05, 0) is 86.3 Å². The van der Waals surface area contributed by atoms with Crippen molar-refractivity contribution in [3.8, 4) is 11.3 Å². The Hall–Kier alpha value is -3.02. The molecule has 1 fully saturated rings. The summed E-state index contributed by atoms with van der Waals surface area (Å²) in [4.78, 5) is 8.97. The summed E-state index contributed by atoms with van der Waals surface area (Å²) in [5, 5.41) is 19.5. The normalized spacial score (nSPS) is 17.2. The van der Waals surface area contributed by atoms with Crippen molar-refractivity contribution < 1.29 is 30.3 Å². The summed E-state index contributed by atoms with van der Waals surface area (Å²) in [6.45, 7) is 10.3. The minimum absolute atomic E-state index is 0. The Bertz CT molecular complexity index is 1370. The van der Waals surface area contributed by atoms with Gasteiger partial charge in [-0.1, -0.05) is 38.1 Å². The number of fused-ring (bicyclic) bond motifs is 1. The van der Waals surface area contributed by atoms with Gasteiger partial charge in [-0.15, -0.1) is 41.6 Å². The van der Waals surface area contributed by atoms with Crippen LogP contribution in [0.3, 0.4) is 0 Å². The van der Waals surface area contributed by atoms with Crippen molar-refractivity contribution in [1.29, 1.82) is 0 Å². The molecule has 5 nitrogen and oxygen atoms in total. The van der Waals surface area contributed by atoms with E-state index in [1.807, 2.05) is 60.8 Å². The Morgan fingerprint density at radius 3 is 2.14 bits per heavy atom. The summed E-state index contributed by atoms with van der Waals surface area (Å²) in [5.41, 5.74) is 3.68. The number of benzene rings is 3. The van der Waals surface area contributed by atoms with Gasteiger partial charge in [-0.25, -0.2) is 0 Å². The van der Waals surface area contributed by atoms with Gasteiger partial charge in [0.15, 0.2) is 0 Å². The van der Waals surface area contributed by atoms with E-state index in [1.54, 1.807) is 13.8 Å². The molecule has 0 amide bonds. The molecule has 6 rings (SSSR count). The van der Waals surface area contributed by atoms with Crippen LogP contribution in [-0.2, 0) is 20.1 Å². The minimum atomic E-state index is -0.375. The fraction of sp³-hybridized carbons (Fsp3) is 0.351. The molecule has 4 aromatic rings. The number of para-hydroxylation sites is 1. The van der Waals surface area contributed by atoms with Gasteiger partial charge >= 0.3 is 20.1 Å². The Labute approximate surface area is 271 Å². The van der Waals surface area contributed by atoms with Crippen molar-refractivity contribution in [2.24, 2.45) is 5.41 Å². The quantitative estimate of drug-likeness (QED) is 0.203.